The van der Waals surface area contributed by atoms with Crippen LogP contribution in [0.3, 0.4) is 0 Å². The minimum Gasteiger partial charge on any atom is -0.386 e. The van der Waals surface area contributed by atoms with E-state index in [0.717, 1.165) is 11.3 Å². The van der Waals surface area contributed by atoms with Gasteiger partial charge in [-0.15, -0.1) is 11.3 Å². The molecule has 2 rings (SSSR count). The monoisotopic (exact) mass is 277 g/mol. The van der Waals surface area contributed by atoms with E-state index in [0.29, 0.717) is 13.0 Å². The number of rotatable bonds is 4. The van der Waals surface area contributed by atoms with Crippen molar-refractivity contribution in [2.24, 2.45) is 0 Å². The van der Waals surface area contributed by atoms with E-state index in [1.807, 2.05) is 0 Å². The van der Waals surface area contributed by atoms with Crippen LogP contribution in [-0.2, 0) is 14.8 Å². The first-order chi connectivity index (χ1) is 7.94. The van der Waals surface area contributed by atoms with Gasteiger partial charge in [0.15, 0.2) is 0 Å². The summed E-state index contributed by atoms with van der Waals surface area (Å²) in [5.41, 5.74) is -1.11. The van der Waals surface area contributed by atoms with Crippen molar-refractivity contribution < 1.29 is 18.3 Å². The second-order valence-electron chi connectivity index (χ2n) is 4.12. The molecule has 2 atom stereocenters. The largest absolute Gasteiger partial charge is 0.386 e. The molecule has 96 valence electrons. The molecule has 2 unspecified atom stereocenters. The van der Waals surface area contributed by atoms with Crippen LogP contribution in [0.25, 0.3) is 0 Å². The molecule has 0 aromatic carbocycles. The van der Waals surface area contributed by atoms with Crippen LogP contribution in [0.1, 0.15) is 13.3 Å². The van der Waals surface area contributed by atoms with Gasteiger partial charge in [-0.05, 0) is 18.4 Å². The van der Waals surface area contributed by atoms with Crippen LogP contribution in [0.4, 0.5) is 0 Å². The van der Waals surface area contributed by atoms with E-state index >= 15 is 0 Å². The fourth-order valence-corrected chi connectivity index (χ4v) is 3.85. The molecule has 0 spiro atoms. The van der Waals surface area contributed by atoms with Gasteiger partial charge in [0.1, 0.15) is 9.81 Å². The van der Waals surface area contributed by atoms with E-state index < -0.39 is 15.6 Å². The molecule has 17 heavy (non-hydrogen) atoms. The zero-order valence-electron chi connectivity index (χ0n) is 9.42. The highest BCUT2D eigenvalue weighted by Gasteiger charge is 2.40. The summed E-state index contributed by atoms with van der Waals surface area (Å²) in [5, 5.41) is 11.9. The molecule has 5 nitrogen and oxygen atoms in total. The Labute approximate surface area is 104 Å². The van der Waals surface area contributed by atoms with Gasteiger partial charge in [0, 0.05) is 19.6 Å². The van der Waals surface area contributed by atoms with Gasteiger partial charge in [-0.1, -0.05) is 6.07 Å². The molecular weight excluding hydrogens is 262 g/mol. The average Bonchev–Trinajstić information content (AvgIpc) is 2.88. The molecule has 7 heteroatoms. The second kappa shape index (κ2) is 4.66. The van der Waals surface area contributed by atoms with E-state index in [2.05, 4.69) is 4.72 Å². The van der Waals surface area contributed by atoms with Crippen LogP contribution in [0.5, 0.6) is 0 Å². The molecule has 1 fully saturated rings. The molecule has 1 saturated heterocycles. The Hall–Kier alpha value is -0.470. The first kappa shape index (κ1) is 13.0. The van der Waals surface area contributed by atoms with E-state index in [4.69, 9.17) is 4.74 Å². The van der Waals surface area contributed by atoms with Crippen molar-refractivity contribution >= 4 is 21.4 Å². The Morgan fingerprint density at radius 1 is 1.71 bits per heavy atom. The lowest BCUT2D eigenvalue weighted by atomic mass is 9.97. The number of nitrogens with one attached hydrogen (secondary N) is 1. The third kappa shape index (κ3) is 2.69. The maximum Gasteiger partial charge on any atom is 0.250 e. The maximum atomic E-state index is 11.8. The van der Waals surface area contributed by atoms with E-state index in [1.54, 1.807) is 18.4 Å². The predicted molar refractivity (Wildman–Crippen MR) is 64.5 cm³/mol. The van der Waals surface area contributed by atoms with Crippen molar-refractivity contribution in [3.63, 3.8) is 0 Å². The van der Waals surface area contributed by atoms with E-state index in [1.165, 1.54) is 6.07 Å². The van der Waals surface area contributed by atoms with Gasteiger partial charge in [0.05, 0.1) is 6.10 Å². The third-order valence-corrected chi connectivity index (χ3v) is 5.79. The molecule has 1 aliphatic rings. The second-order valence-corrected chi connectivity index (χ2v) is 7.06. The number of sulfonamides is 1. The summed E-state index contributed by atoms with van der Waals surface area (Å²) in [5.74, 6) is 0. The van der Waals surface area contributed by atoms with Gasteiger partial charge in [-0.2, -0.15) is 0 Å². The third-order valence-electron chi connectivity index (χ3n) is 2.99. The predicted octanol–water partition coefficient (Wildman–Crippen LogP) is 0.566. The minimum absolute atomic E-state index is 0.0194. The molecule has 1 aromatic rings. The Balaban J connectivity index is 2.03. The van der Waals surface area contributed by atoms with Gasteiger partial charge in [-0.3, -0.25) is 0 Å². The smallest absolute Gasteiger partial charge is 0.250 e. The summed E-state index contributed by atoms with van der Waals surface area (Å²) in [6.45, 7) is 2.18. The topological polar surface area (TPSA) is 75.6 Å². The lowest BCUT2D eigenvalue weighted by Gasteiger charge is -2.25. The van der Waals surface area contributed by atoms with Crippen molar-refractivity contribution in [1.29, 1.82) is 0 Å². The van der Waals surface area contributed by atoms with Crippen molar-refractivity contribution in [2.75, 3.05) is 13.2 Å². The fourth-order valence-electron chi connectivity index (χ4n) is 1.71. The molecule has 0 bridgehead atoms. The number of thiophene rings is 1. The number of hydrogen-bond donors (Lipinski definition) is 2. The molecule has 1 aliphatic heterocycles. The van der Waals surface area contributed by atoms with E-state index in [9.17, 15) is 13.5 Å². The van der Waals surface area contributed by atoms with Crippen molar-refractivity contribution in [1.82, 2.24) is 4.72 Å². The number of hydrogen-bond acceptors (Lipinski definition) is 5. The Morgan fingerprint density at radius 2 is 2.47 bits per heavy atom. The lowest BCUT2D eigenvalue weighted by Crippen LogP contribution is -2.47. The highest BCUT2D eigenvalue weighted by atomic mass is 32.2. The van der Waals surface area contributed by atoms with Crippen molar-refractivity contribution in [3.8, 4) is 0 Å². The number of aliphatic hydroxyl groups is 1. The van der Waals surface area contributed by atoms with Crippen LogP contribution < -0.4 is 4.72 Å². The first-order valence-electron chi connectivity index (χ1n) is 5.31. The van der Waals surface area contributed by atoms with Crippen molar-refractivity contribution in [2.45, 2.75) is 29.3 Å². The molecule has 1 aromatic heterocycles. The molecule has 0 amide bonds. The summed E-state index contributed by atoms with van der Waals surface area (Å²) < 4.78 is 31.6. The molecule has 2 heterocycles. The Kier molecular flexibility index (Phi) is 3.55. The molecular formula is C10H15NO4S2. The van der Waals surface area contributed by atoms with Crippen LogP contribution in [0.2, 0.25) is 0 Å². The molecule has 0 saturated carbocycles. The van der Waals surface area contributed by atoms with Crippen LogP contribution >= 0.6 is 11.3 Å². The standard InChI is InChI=1S/C10H15NO4S2/c1-8-10(12,4-5-15-8)7-11-17(13,14)9-3-2-6-16-9/h2-3,6,8,11-12H,4-5,7H2,1H3. The summed E-state index contributed by atoms with van der Waals surface area (Å²) in [7, 11) is -3.51. The van der Waals surface area contributed by atoms with Crippen LogP contribution in [0.15, 0.2) is 21.7 Å². The first-order valence-corrected chi connectivity index (χ1v) is 7.67. The lowest BCUT2D eigenvalue weighted by molar-refractivity contribution is -0.0228. The molecule has 0 aliphatic carbocycles. The molecule has 2 N–H and O–H groups in total. The quantitative estimate of drug-likeness (QED) is 0.843. The summed E-state index contributed by atoms with van der Waals surface area (Å²) in [4.78, 5) is 0. The van der Waals surface area contributed by atoms with Gasteiger partial charge >= 0.3 is 0 Å². The van der Waals surface area contributed by atoms with Crippen LogP contribution in [0, 0.1) is 0 Å². The zero-order valence-corrected chi connectivity index (χ0v) is 11.1. The SMILES string of the molecule is CC1OCCC1(O)CNS(=O)(=O)c1cccs1. The Morgan fingerprint density at radius 3 is 3.00 bits per heavy atom. The molecule has 0 radical (unpaired) electrons. The van der Waals surface area contributed by atoms with Crippen LogP contribution in [-0.4, -0.2) is 38.4 Å². The summed E-state index contributed by atoms with van der Waals surface area (Å²) >= 11 is 1.15. The Bertz CT molecular complexity index is 471. The van der Waals surface area contributed by atoms with Gasteiger partial charge in [-0.25, -0.2) is 13.1 Å². The van der Waals surface area contributed by atoms with Gasteiger partial charge in [0.2, 0.25) is 10.0 Å². The summed E-state index contributed by atoms with van der Waals surface area (Å²) in [6.07, 6.45) is 0.0924. The van der Waals surface area contributed by atoms with Gasteiger partial charge < -0.3 is 9.84 Å². The fraction of sp³-hybridized carbons (Fsp3) is 0.600. The maximum absolute atomic E-state index is 11.8. The van der Waals surface area contributed by atoms with E-state index in [-0.39, 0.29) is 16.9 Å². The highest BCUT2D eigenvalue weighted by Crippen LogP contribution is 2.25. The zero-order chi connectivity index (χ0) is 12.5. The average molecular weight is 277 g/mol. The van der Waals surface area contributed by atoms with Gasteiger partial charge in [0.25, 0.3) is 0 Å². The normalized spacial score (nSPS) is 29.6. The minimum atomic E-state index is -3.51. The van der Waals surface area contributed by atoms with Crippen molar-refractivity contribution in [3.05, 3.63) is 17.5 Å². The number of ether oxygens (including phenoxy) is 1. The highest BCUT2D eigenvalue weighted by molar-refractivity contribution is 7.91. The summed E-state index contributed by atoms with van der Waals surface area (Å²) in [6, 6.07) is 3.21.